The maximum atomic E-state index is 12.0. The quantitative estimate of drug-likeness (QED) is 0.378. The Morgan fingerprint density at radius 2 is 1.96 bits per heavy atom. The van der Waals surface area contributed by atoms with Crippen molar-refractivity contribution in [2.75, 3.05) is 31.1 Å². The molecule has 1 aliphatic rings. The van der Waals surface area contributed by atoms with Gasteiger partial charge in [-0.15, -0.1) is 0 Å². The van der Waals surface area contributed by atoms with E-state index < -0.39 is 11.8 Å². The number of ketones is 1. The number of piperazine rings is 1. The molecule has 1 fully saturated rings. The second kappa shape index (κ2) is 9.07. The number of carbonyl (C=O) groups is 3. The summed E-state index contributed by atoms with van der Waals surface area (Å²) in [5, 5.41) is 0. The summed E-state index contributed by atoms with van der Waals surface area (Å²) in [6.45, 7) is 2.80. The minimum absolute atomic E-state index is 0.308. The van der Waals surface area contributed by atoms with Crippen LogP contribution in [0, 0.1) is 0 Å². The molecule has 1 aromatic rings. The number of unbranched alkanes of at least 4 members (excludes halogenated alkanes) is 1. The fourth-order valence-electron chi connectivity index (χ4n) is 2.94. The van der Waals surface area contributed by atoms with Gasteiger partial charge in [-0.2, -0.15) is 0 Å². The highest BCUT2D eigenvalue weighted by molar-refractivity contribution is 6.27. The maximum Gasteiger partial charge on any atom is 0.217 e. The number of aromatic nitrogens is 2. The highest BCUT2D eigenvalue weighted by atomic mass is 16.2. The zero-order valence-corrected chi connectivity index (χ0v) is 13.6. The maximum absolute atomic E-state index is 12.0. The molecule has 0 saturated carbocycles. The van der Waals surface area contributed by atoms with Crippen LogP contribution in [0.15, 0.2) is 18.6 Å². The lowest BCUT2D eigenvalue weighted by molar-refractivity contribution is -0.133. The molecule has 24 heavy (non-hydrogen) atoms. The van der Waals surface area contributed by atoms with E-state index in [1.165, 1.54) is 0 Å². The van der Waals surface area contributed by atoms with Crippen molar-refractivity contribution in [2.24, 2.45) is 5.73 Å². The van der Waals surface area contributed by atoms with E-state index in [-0.39, 0.29) is 5.91 Å². The Bertz CT molecular complexity index is 558. The number of aldehydes is 1. The topological polar surface area (TPSA) is 109 Å². The van der Waals surface area contributed by atoms with Gasteiger partial charge in [0.2, 0.25) is 11.7 Å². The third kappa shape index (κ3) is 5.09. The highest BCUT2D eigenvalue weighted by Gasteiger charge is 2.28. The van der Waals surface area contributed by atoms with Gasteiger partial charge in [-0.3, -0.25) is 24.3 Å². The van der Waals surface area contributed by atoms with E-state index in [2.05, 4.69) is 14.9 Å². The van der Waals surface area contributed by atoms with Gasteiger partial charge in [0.1, 0.15) is 5.82 Å². The van der Waals surface area contributed by atoms with Gasteiger partial charge >= 0.3 is 0 Å². The van der Waals surface area contributed by atoms with Gasteiger partial charge in [0.25, 0.3) is 0 Å². The number of nitrogens with zero attached hydrogens (tertiary/aromatic N) is 4. The van der Waals surface area contributed by atoms with Crippen LogP contribution < -0.4 is 10.6 Å². The molecule has 0 unspecified atom stereocenters. The number of Topliss-reactive ketones (excluding diaryl/α,β-unsaturated/α-hetero) is 1. The Balaban J connectivity index is 1.88. The van der Waals surface area contributed by atoms with Crippen LogP contribution in [0.3, 0.4) is 0 Å². The van der Waals surface area contributed by atoms with Gasteiger partial charge in [0, 0.05) is 45.0 Å². The summed E-state index contributed by atoms with van der Waals surface area (Å²) in [6.07, 6.45) is 7.60. The fourth-order valence-corrected chi connectivity index (χ4v) is 2.94. The Kier molecular flexibility index (Phi) is 6.80. The van der Waals surface area contributed by atoms with Crippen LogP contribution in [-0.2, 0) is 14.4 Å². The van der Waals surface area contributed by atoms with Crippen LogP contribution in [0.2, 0.25) is 0 Å². The molecule has 1 aliphatic heterocycles. The monoisotopic (exact) mass is 333 g/mol. The van der Waals surface area contributed by atoms with Gasteiger partial charge in [-0.1, -0.05) is 6.42 Å². The van der Waals surface area contributed by atoms with Crippen LogP contribution in [0.25, 0.3) is 0 Å². The number of carbonyl (C=O) groups excluding carboxylic acids is 3. The molecule has 1 saturated heterocycles. The van der Waals surface area contributed by atoms with E-state index in [0.29, 0.717) is 45.1 Å². The zero-order valence-electron chi connectivity index (χ0n) is 13.6. The molecule has 2 rings (SSSR count). The molecular formula is C16H23N5O3. The molecular weight excluding hydrogens is 310 g/mol. The van der Waals surface area contributed by atoms with Gasteiger partial charge in [-0.05, 0) is 12.8 Å². The minimum atomic E-state index is -0.417. The molecule has 0 spiro atoms. The van der Waals surface area contributed by atoms with Crippen molar-refractivity contribution in [2.45, 2.75) is 31.7 Å². The summed E-state index contributed by atoms with van der Waals surface area (Å²) in [7, 11) is 0. The average Bonchev–Trinajstić information content (AvgIpc) is 2.62. The molecule has 0 aromatic carbocycles. The van der Waals surface area contributed by atoms with Crippen LogP contribution in [-0.4, -0.2) is 65.1 Å². The Morgan fingerprint density at radius 1 is 1.21 bits per heavy atom. The average molecular weight is 333 g/mol. The van der Waals surface area contributed by atoms with Crippen molar-refractivity contribution in [3.8, 4) is 0 Å². The zero-order chi connectivity index (χ0) is 17.4. The number of hydrogen-bond donors (Lipinski definition) is 1. The third-order valence-electron chi connectivity index (χ3n) is 4.22. The molecule has 8 nitrogen and oxygen atoms in total. The van der Waals surface area contributed by atoms with Crippen LogP contribution in [0.1, 0.15) is 25.7 Å². The second-order valence-corrected chi connectivity index (χ2v) is 5.83. The predicted molar refractivity (Wildman–Crippen MR) is 88.3 cm³/mol. The van der Waals surface area contributed by atoms with Crippen LogP contribution in [0.5, 0.6) is 0 Å². The summed E-state index contributed by atoms with van der Waals surface area (Å²) in [5.74, 6) is 0.0738. The first kappa shape index (κ1) is 18.0. The van der Waals surface area contributed by atoms with E-state index in [4.69, 9.17) is 5.73 Å². The van der Waals surface area contributed by atoms with Crippen LogP contribution >= 0.6 is 0 Å². The largest absolute Gasteiger partial charge is 0.370 e. The van der Waals surface area contributed by atoms with E-state index in [1.54, 1.807) is 18.6 Å². The molecule has 8 heteroatoms. The standard InChI is InChI=1S/C16H23N5O3/c17-15(24)4-2-1-3-13(14(23)12-22)20-7-9-21(10-8-20)16-11-18-5-6-19-16/h5-6,11-13H,1-4,7-10H2,(H2,17,24)/t13-/m1/s1. The van der Waals surface area contributed by atoms with E-state index in [1.807, 2.05) is 4.90 Å². The lowest BCUT2D eigenvalue weighted by Crippen LogP contribution is -2.53. The van der Waals surface area contributed by atoms with Crippen molar-refractivity contribution in [1.82, 2.24) is 14.9 Å². The molecule has 130 valence electrons. The molecule has 1 atom stereocenters. The van der Waals surface area contributed by atoms with Gasteiger partial charge in [0.15, 0.2) is 6.29 Å². The normalized spacial score (nSPS) is 16.6. The summed E-state index contributed by atoms with van der Waals surface area (Å²) in [4.78, 5) is 46.2. The van der Waals surface area contributed by atoms with E-state index in [0.717, 1.165) is 18.9 Å². The number of rotatable bonds is 9. The number of anilines is 1. The third-order valence-corrected chi connectivity index (χ3v) is 4.22. The summed E-state index contributed by atoms with van der Waals surface area (Å²) in [5.41, 5.74) is 5.12. The molecule has 0 bridgehead atoms. The van der Waals surface area contributed by atoms with Gasteiger partial charge < -0.3 is 10.6 Å². The molecule has 2 N–H and O–H groups in total. The first-order valence-corrected chi connectivity index (χ1v) is 8.14. The molecule has 0 radical (unpaired) electrons. The lowest BCUT2D eigenvalue weighted by Gasteiger charge is -2.38. The molecule has 0 aliphatic carbocycles. The first-order valence-electron chi connectivity index (χ1n) is 8.14. The smallest absolute Gasteiger partial charge is 0.217 e. The lowest BCUT2D eigenvalue weighted by atomic mass is 10.0. The van der Waals surface area contributed by atoms with Gasteiger partial charge in [0.05, 0.1) is 12.2 Å². The van der Waals surface area contributed by atoms with E-state index >= 15 is 0 Å². The number of primary amides is 1. The van der Waals surface area contributed by atoms with E-state index in [9.17, 15) is 14.4 Å². The van der Waals surface area contributed by atoms with Crippen molar-refractivity contribution in [3.63, 3.8) is 0 Å². The highest BCUT2D eigenvalue weighted by Crippen LogP contribution is 2.16. The predicted octanol–water partition coefficient (Wildman–Crippen LogP) is -0.219. The molecule has 1 amide bonds. The molecule has 2 heterocycles. The minimum Gasteiger partial charge on any atom is -0.370 e. The SMILES string of the molecule is NC(=O)CCCC[C@H](C(=O)C=O)N1CCN(c2cnccn2)CC1. The molecule has 1 aromatic heterocycles. The van der Waals surface area contributed by atoms with Crippen molar-refractivity contribution in [3.05, 3.63) is 18.6 Å². The number of hydrogen-bond acceptors (Lipinski definition) is 7. The summed E-state index contributed by atoms with van der Waals surface area (Å²) < 4.78 is 0. The number of amides is 1. The van der Waals surface area contributed by atoms with Crippen molar-refractivity contribution < 1.29 is 14.4 Å². The fraction of sp³-hybridized carbons (Fsp3) is 0.562. The van der Waals surface area contributed by atoms with Crippen LogP contribution in [0.4, 0.5) is 5.82 Å². The van der Waals surface area contributed by atoms with Crippen molar-refractivity contribution in [1.29, 1.82) is 0 Å². The van der Waals surface area contributed by atoms with Crippen molar-refractivity contribution >= 4 is 23.8 Å². The summed E-state index contributed by atoms with van der Waals surface area (Å²) in [6, 6.07) is -0.417. The number of nitrogens with two attached hydrogens (primary N) is 1. The summed E-state index contributed by atoms with van der Waals surface area (Å²) >= 11 is 0. The second-order valence-electron chi connectivity index (χ2n) is 5.83. The van der Waals surface area contributed by atoms with Gasteiger partial charge in [-0.25, -0.2) is 4.98 Å². The Labute approximate surface area is 141 Å². The Hall–Kier alpha value is -2.35. The first-order chi connectivity index (χ1) is 11.6. The Morgan fingerprint density at radius 3 is 2.54 bits per heavy atom.